The van der Waals surface area contributed by atoms with Crippen LogP contribution in [0.25, 0.3) is 0 Å². The first-order valence-corrected chi connectivity index (χ1v) is 5.18. The lowest BCUT2D eigenvalue weighted by atomic mass is 9.99. The molecule has 0 spiro atoms. The fourth-order valence-corrected chi connectivity index (χ4v) is 1.76. The first-order chi connectivity index (χ1) is 8.22. The summed E-state index contributed by atoms with van der Waals surface area (Å²) in [6.07, 6.45) is 0. The van der Waals surface area contributed by atoms with Crippen LogP contribution in [-0.2, 0) is 0 Å². The van der Waals surface area contributed by atoms with Crippen LogP contribution in [0.15, 0.2) is 48.5 Å². The van der Waals surface area contributed by atoms with Crippen LogP contribution in [-0.4, -0.2) is 0 Å². The Morgan fingerprint density at radius 3 is 2.41 bits per heavy atom. The largest absolute Gasteiger partial charge is 0.271 e. The van der Waals surface area contributed by atoms with Crippen molar-refractivity contribution in [2.45, 2.75) is 6.04 Å². The van der Waals surface area contributed by atoms with Crippen molar-refractivity contribution in [2.24, 2.45) is 5.84 Å². The van der Waals surface area contributed by atoms with Gasteiger partial charge < -0.3 is 0 Å². The van der Waals surface area contributed by atoms with Crippen molar-refractivity contribution in [2.75, 3.05) is 0 Å². The van der Waals surface area contributed by atoms with Gasteiger partial charge in [-0.05, 0) is 23.8 Å². The van der Waals surface area contributed by atoms with Gasteiger partial charge in [0.1, 0.15) is 11.6 Å². The Balaban J connectivity index is 2.44. The molecule has 0 saturated carbocycles. The predicted octanol–water partition coefficient (Wildman–Crippen LogP) is 2.52. The van der Waals surface area contributed by atoms with E-state index in [9.17, 15) is 8.78 Å². The van der Waals surface area contributed by atoms with Gasteiger partial charge in [-0.3, -0.25) is 5.84 Å². The molecule has 3 N–H and O–H groups in total. The van der Waals surface area contributed by atoms with Crippen molar-refractivity contribution in [3.8, 4) is 0 Å². The van der Waals surface area contributed by atoms with E-state index in [4.69, 9.17) is 5.84 Å². The lowest BCUT2D eigenvalue weighted by Gasteiger charge is -2.17. The van der Waals surface area contributed by atoms with E-state index in [1.807, 2.05) is 0 Å². The molecule has 0 saturated heterocycles. The van der Waals surface area contributed by atoms with Gasteiger partial charge in [-0.2, -0.15) is 0 Å². The number of rotatable bonds is 3. The fraction of sp³-hybridized carbons (Fsp3) is 0.0769. The zero-order valence-electron chi connectivity index (χ0n) is 9.03. The molecular formula is C13H12F2N2. The highest BCUT2D eigenvalue weighted by Crippen LogP contribution is 2.23. The molecule has 0 radical (unpaired) electrons. The number of halogens is 2. The number of hydrogen-bond acceptors (Lipinski definition) is 2. The first-order valence-electron chi connectivity index (χ1n) is 5.18. The summed E-state index contributed by atoms with van der Waals surface area (Å²) in [5, 5.41) is 0. The van der Waals surface area contributed by atoms with Crippen LogP contribution >= 0.6 is 0 Å². The molecule has 2 rings (SSSR count). The van der Waals surface area contributed by atoms with E-state index in [-0.39, 0.29) is 11.6 Å². The molecule has 0 unspecified atom stereocenters. The average molecular weight is 234 g/mol. The van der Waals surface area contributed by atoms with Crippen LogP contribution in [0, 0.1) is 11.6 Å². The van der Waals surface area contributed by atoms with E-state index in [0.717, 1.165) is 0 Å². The number of hydrogen-bond donors (Lipinski definition) is 2. The molecule has 2 aromatic rings. The minimum Gasteiger partial charge on any atom is -0.271 e. The molecule has 0 heterocycles. The molecular weight excluding hydrogens is 222 g/mol. The number of nitrogens with two attached hydrogens (primary N) is 1. The van der Waals surface area contributed by atoms with E-state index < -0.39 is 6.04 Å². The van der Waals surface area contributed by atoms with Crippen molar-refractivity contribution < 1.29 is 8.78 Å². The van der Waals surface area contributed by atoms with Crippen LogP contribution in [0.3, 0.4) is 0 Å². The Hall–Kier alpha value is -1.78. The molecule has 4 heteroatoms. The number of nitrogens with one attached hydrogen (secondary N) is 1. The first kappa shape index (κ1) is 11.7. The molecule has 0 aromatic heterocycles. The molecule has 88 valence electrons. The summed E-state index contributed by atoms with van der Waals surface area (Å²) in [6, 6.07) is 11.6. The fourth-order valence-electron chi connectivity index (χ4n) is 1.76. The average Bonchev–Trinajstić information content (AvgIpc) is 2.33. The third kappa shape index (κ3) is 2.49. The monoisotopic (exact) mass is 234 g/mol. The predicted molar refractivity (Wildman–Crippen MR) is 62.0 cm³/mol. The molecule has 0 bridgehead atoms. The second kappa shape index (κ2) is 5.03. The van der Waals surface area contributed by atoms with Crippen molar-refractivity contribution in [1.29, 1.82) is 0 Å². The summed E-state index contributed by atoms with van der Waals surface area (Å²) in [5.74, 6) is 4.67. The summed E-state index contributed by atoms with van der Waals surface area (Å²) in [6.45, 7) is 0. The van der Waals surface area contributed by atoms with E-state index in [1.54, 1.807) is 30.3 Å². The Bertz CT molecular complexity index is 514. The minimum atomic E-state index is -0.563. The van der Waals surface area contributed by atoms with Crippen LogP contribution in [0.5, 0.6) is 0 Å². The molecule has 2 aromatic carbocycles. The smallest absolute Gasteiger partial charge is 0.128 e. The van der Waals surface area contributed by atoms with Crippen molar-refractivity contribution in [3.05, 3.63) is 71.3 Å². The van der Waals surface area contributed by atoms with Crippen LogP contribution in [0.1, 0.15) is 17.2 Å². The molecule has 17 heavy (non-hydrogen) atoms. The maximum absolute atomic E-state index is 13.6. The third-order valence-corrected chi connectivity index (χ3v) is 2.56. The van der Waals surface area contributed by atoms with Crippen LogP contribution in [0.4, 0.5) is 8.78 Å². The number of hydrazine groups is 1. The van der Waals surface area contributed by atoms with Gasteiger partial charge in [-0.1, -0.05) is 30.3 Å². The maximum Gasteiger partial charge on any atom is 0.128 e. The number of benzene rings is 2. The van der Waals surface area contributed by atoms with Gasteiger partial charge in [-0.15, -0.1) is 0 Å². The summed E-state index contributed by atoms with van der Waals surface area (Å²) in [5.41, 5.74) is 3.47. The van der Waals surface area contributed by atoms with Gasteiger partial charge in [0.2, 0.25) is 0 Å². The van der Waals surface area contributed by atoms with E-state index in [2.05, 4.69) is 5.43 Å². The normalized spacial score (nSPS) is 12.4. The Labute approximate surface area is 98.0 Å². The van der Waals surface area contributed by atoms with Gasteiger partial charge in [-0.25, -0.2) is 14.2 Å². The van der Waals surface area contributed by atoms with Gasteiger partial charge >= 0.3 is 0 Å². The highest BCUT2D eigenvalue weighted by molar-refractivity contribution is 5.32. The van der Waals surface area contributed by atoms with E-state index in [0.29, 0.717) is 11.1 Å². The van der Waals surface area contributed by atoms with Crippen LogP contribution in [0.2, 0.25) is 0 Å². The Morgan fingerprint density at radius 1 is 1.00 bits per heavy atom. The third-order valence-electron chi connectivity index (χ3n) is 2.56. The van der Waals surface area contributed by atoms with Crippen molar-refractivity contribution in [3.63, 3.8) is 0 Å². The standard InChI is InChI=1S/C13H12F2N2/c14-10-5-3-4-9(8-10)13(17-16)11-6-1-2-7-12(11)15/h1-8,13,17H,16H2/t13-/m0/s1. The molecule has 0 aliphatic carbocycles. The highest BCUT2D eigenvalue weighted by atomic mass is 19.1. The van der Waals surface area contributed by atoms with Crippen molar-refractivity contribution >= 4 is 0 Å². The highest BCUT2D eigenvalue weighted by Gasteiger charge is 2.16. The second-order valence-electron chi connectivity index (χ2n) is 3.68. The lowest BCUT2D eigenvalue weighted by molar-refractivity contribution is 0.555. The lowest BCUT2D eigenvalue weighted by Crippen LogP contribution is -2.29. The van der Waals surface area contributed by atoms with Gasteiger partial charge in [0.15, 0.2) is 0 Å². The van der Waals surface area contributed by atoms with Crippen LogP contribution < -0.4 is 11.3 Å². The quantitative estimate of drug-likeness (QED) is 0.632. The Morgan fingerprint density at radius 2 is 1.76 bits per heavy atom. The zero-order valence-corrected chi connectivity index (χ0v) is 9.03. The molecule has 0 amide bonds. The van der Waals surface area contributed by atoms with E-state index in [1.165, 1.54) is 18.2 Å². The van der Waals surface area contributed by atoms with Gasteiger partial charge in [0.05, 0.1) is 6.04 Å². The zero-order chi connectivity index (χ0) is 12.3. The summed E-state index contributed by atoms with van der Waals surface area (Å²) in [4.78, 5) is 0. The maximum atomic E-state index is 13.6. The summed E-state index contributed by atoms with van der Waals surface area (Å²) >= 11 is 0. The SMILES string of the molecule is NN[C@@H](c1cccc(F)c1)c1ccccc1F. The van der Waals surface area contributed by atoms with Gasteiger partial charge in [0.25, 0.3) is 0 Å². The van der Waals surface area contributed by atoms with Crippen molar-refractivity contribution in [1.82, 2.24) is 5.43 Å². The molecule has 0 aliphatic rings. The Kier molecular flexibility index (Phi) is 3.46. The minimum absolute atomic E-state index is 0.375. The van der Waals surface area contributed by atoms with Gasteiger partial charge in [0, 0.05) is 5.56 Å². The molecule has 0 aliphatic heterocycles. The summed E-state index contributed by atoms with van der Waals surface area (Å²) < 4.78 is 26.7. The molecule has 0 fully saturated rings. The van der Waals surface area contributed by atoms with E-state index >= 15 is 0 Å². The molecule has 1 atom stereocenters. The second-order valence-corrected chi connectivity index (χ2v) is 3.68. The summed E-state index contributed by atoms with van der Waals surface area (Å²) in [7, 11) is 0. The topological polar surface area (TPSA) is 38.0 Å². The molecule has 2 nitrogen and oxygen atoms in total.